The zero-order chi connectivity index (χ0) is 38.7. The Labute approximate surface area is 335 Å². The molecule has 0 amide bonds. The molecular formula is C55H46N2. The molecule has 2 heteroatoms. The predicted octanol–water partition coefficient (Wildman–Crippen LogP) is 13.9. The number of allylic oxidation sites excluding steroid dienone is 2. The molecule has 0 radical (unpaired) electrons. The fourth-order valence-corrected chi connectivity index (χ4v) is 9.84. The largest absolute Gasteiger partial charge is 0.398 e. The van der Waals surface area contributed by atoms with E-state index in [4.69, 9.17) is 5.73 Å². The second-order valence-corrected chi connectivity index (χ2v) is 16.3. The molecule has 2 aliphatic rings. The van der Waals surface area contributed by atoms with Gasteiger partial charge < -0.3 is 10.3 Å². The molecule has 0 saturated carbocycles. The van der Waals surface area contributed by atoms with E-state index in [2.05, 4.69) is 177 Å². The summed E-state index contributed by atoms with van der Waals surface area (Å²) in [6, 6.07) is 63.6. The Kier molecular flexibility index (Phi) is 8.45. The van der Waals surface area contributed by atoms with Crippen LogP contribution < -0.4 is 5.73 Å². The minimum absolute atomic E-state index is 0.149. The number of para-hydroxylation sites is 2. The lowest BCUT2D eigenvalue weighted by molar-refractivity contribution is 0.701. The number of anilines is 1. The van der Waals surface area contributed by atoms with Gasteiger partial charge in [0, 0.05) is 22.2 Å². The van der Waals surface area contributed by atoms with E-state index in [0.717, 1.165) is 24.9 Å². The van der Waals surface area contributed by atoms with E-state index >= 15 is 0 Å². The molecule has 2 N–H and O–H groups in total. The zero-order valence-electron chi connectivity index (χ0n) is 32.9. The lowest BCUT2D eigenvalue weighted by Gasteiger charge is -2.30. The molecule has 11 rings (SSSR count). The van der Waals surface area contributed by atoms with Gasteiger partial charge in [-0.25, -0.2) is 0 Å². The van der Waals surface area contributed by atoms with Crippen LogP contribution in [0, 0.1) is 6.92 Å². The molecule has 8 aromatic carbocycles. The Bertz CT molecular complexity index is 3010. The van der Waals surface area contributed by atoms with Gasteiger partial charge in [-0.1, -0.05) is 171 Å². The van der Waals surface area contributed by atoms with Gasteiger partial charge in [-0.15, -0.1) is 0 Å². The standard InChI is InChI=1S/C42H33N.C13H13N/c1-26-19-21-27(22-20-26)28-11-10-12-29(25-28)43-37-18-9-8-15-32(37)35-23-24-36-38-33-16-6-4-13-30(33)31-14-5-7-17-34(31)39(38)42(2,3)40(36)41(35)43;14-13-9-5-4-8-12(13)10-11-6-2-1-3-7-11/h4-22,25H,23-24H2,1-3H3;1-9H,10,14H2. The smallest absolute Gasteiger partial charge is 0.0544 e. The summed E-state index contributed by atoms with van der Waals surface area (Å²) in [6.45, 7) is 7.09. The van der Waals surface area contributed by atoms with E-state index in [0.29, 0.717) is 0 Å². The van der Waals surface area contributed by atoms with Crippen molar-refractivity contribution < 1.29 is 0 Å². The van der Waals surface area contributed by atoms with Crippen molar-refractivity contribution in [2.75, 3.05) is 5.73 Å². The molecule has 0 atom stereocenters. The number of nitrogen functional groups attached to an aromatic ring is 1. The monoisotopic (exact) mass is 734 g/mol. The van der Waals surface area contributed by atoms with E-state index in [-0.39, 0.29) is 5.41 Å². The van der Waals surface area contributed by atoms with Gasteiger partial charge in [-0.05, 0) is 122 Å². The highest BCUT2D eigenvalue weighted by Crippen LogP contribution is 2.60. The first-order valence-electron chi connectivity index (χ1n) is 20.2. The first-order valence-corrected chi connectivity index (χ1v) is 20.2. The number of aryl methyl sites for hydroxylation is 2. The van der Waals surface area contributed by atoms with Crippen molar-refractivity contribution in [2.45, 2.75) is 45.4 Å². The number of hydrogen-bond acceptors (Lipinski definition) is 1. The molecule has 0 aliphatic heterocycles. The molecule has 1 aromatic heterocycles. The summed E-state index contributed by atoms with van der Waals surface area (Å²) in [6.07, 6.45) is 3.03. The van der Waals surface area contributed by atoms with Crippen LogP contribution in [-0.2, 0) is 18.3 Å². The van der Waals surface area contributed by atoms with Crippen LogP contribution in [0.25, 0.3) is 60.4 Å². The third kappa shape index (κ3) is 5.78. The van der Waals surface area contributed by atoms with Crippen molar-refractivity contribution in [3.8, 4) is 16.8 Å². The first kappa shape index (κ1) is 34.8. The number of nitrogens with two attached hydrogens (primary N) is 1. The molecule has 2 nitrogen and oxygen atoms in total. The molecule has 0 spiro atoms. The molecule has 0 unspecified atom stereocenters. The number of hydrogen-bond donors (Lipinski definition) is 1. The average Bonchev–Trinajstić information content (AvgIpc) is 3.71. The van der Waals surface area contributed by atoms with Crippen molar-refractivity contribution >= 4 is 49.3 Å². The Morgan fingerprint density at radius 3 is 1.95 bits per heavy atom. The van der Waals surface area contributed by atoms with Crippen LogP contribution in [0.15, 0.2) is 176 Å². The maximum atomic E-state index is 5.87. The third-order valence-corrected chi connectivity index (χ3v) is 12.4. The van der Waals surface area contributed by atoms with Crippen LogP contribution in [0.1, 0.15) is 59.3 Å². The molecule has 0 saturated heterocycles. The molecule has 9 aromatic rings. The van der Waals surface area contributed by atoms with Crippen molar-refractivity contribution in [1.29, 1.82) is 0 Å². The van der Waals surface area contributed by atoms with Crippen LogP contribution in [0.2, 0.25) is 0 Å². The molecule has 1 heterocycles. The van der Waals surface area contributed by atoms with E-state index in [9.17, 15) is 0 Å². The van der Waals surface area contributed by atoms with Crippen molar-refractivity contribution in [3.05, 3.63) is 215 Å². The average molecular weight is 735 g/mol. The maximum absolute atomic E-state index is 5.87. The third-order valence-electron chi connectivity index (χ3n) is 12.4. The Hall–Kier alpha value is -6.64. The van der Waals surface area contributed by atoms with Gasteiger partial charge in [0.2, 0.25) is 0 Å². The highest BCUT2D eigenvalue weighted by atomic mass is 15.0. The number of rotatable bonds is 4. The Balaban J connectivity index is 0.000000240. The highest BCUT2D eigenvalue weighted by molar-refractivity contribution is 6.21. The number of fused-ring (bicyclic) bond motifs is 11. The summed E-state index contributed by atoms with van der Waals surface area (Å²) in [4.78, 5) is 0. The molecular weight excluding hydrogens is 689 g/mol. The topological polar surface area (TPSA) is 30.9 Å². The van der Waals surface area contributed by atoms with Crippen LogP contribution >= 0.6 is 0 Å². The molecule has 57 heavy (non-hydrogen) atoms. The molecule has 0 bridgehead atoms. The predicted molar refractivity (Wildman–Crippen MR) is 243 cm³/mol. The second kappa shape index (κ2) is 13.8. The van der Waals surface area contributed by atoms with E-state index in [1.807, 2.05) is 24.3 Å². The summed E-state index contributed by atoms with van der Waals surface area (Å²) in [5, 5.41) is 6.88. The lowest BCUT2D eigenvalue weighted by Crippen LogP contribution is -2.20. The van der Waals surface area contributed by atoms with Crippen molar-refractivity contribution in [3.63, 3.8) is 0 Å². The summed E-state index contributed by atoms with van der Waals surface area (Å²) < 4.78 is 2.58. The quantitative estimate of drug-likeness (QED) is 0.142. The van der Waals surface area contributed by atoms with Crippen molar-refractivity contribution in [1.82, 2.24) is 4.57 Å². The highest BCUT2D eigenvalue weighted by Gasteiger charge is 2.45. The van der Waals surface area contributed by atoms with Gasteiger partial charge in [-0.2, -0.15) is 0 Å². The van der Waals surface area contributed by atoms with Crippen molar-refractivity contribution in [2.24, 2.45) is 0 Å². The second-order valence-electron chi connectivity index (χ2n) is 16.3. The van der Waals surface area contributed by atoms with Crippen LogP contribution in [0.5, 0.6) is 0 Å². The molecule has 2 aliphatic carbocycles. The summed E-state index contributed by atoms with van der Waals surface area (Å²) in [5.41, 5.74) is 24.3. The van der Waals surface area contributed by atoms with Gasteiger partial charge in [-0.3, -0.25) is 0 Å². The van der Waals surface area contributed by atoms with Crippen LogP contribution in [0.4, 0.5) is 5.69 Å². The van der Waals surface area contributed by atoms with Gasteiger partial charge >= 0.3 is 0 Å². The number of aromatic nitrogens is 1. The SMILES string of the molecule is Cc1ccc(-c2cccc(-n3c4c(c5ccccc53)CCC3=C4C(C)(C)c4c3c3ccccc3c3ccccc43)c2)cc1.Nc1ccccc1Cc1ccccc1. The number of benzene rings is 8. The van der Waals surface area contributed by atoms with Crippen LogP contribution in [-0.4, -0.2) is 4.57 Å². The van der Waals surface area contributed by atoms with E-state index in [1.165, 1.54) is 99.5 Å². The van der Waals surface area contributed by atoms with E-state index in [1.54, 1.807) is 0 Å². The lowest BCUT2D eigenvalue weighted by atomic mass is 9.75. The summed E-state index contributed by atoms with van der Waals surface area (Å²) in [7, 11) is 0. The minimum Gasteiger partial charge on any atom is -0.398 e. The maximum Gasteiger partial charge on any atom is 0.0544 e. The summed E-state index contributed by atoms with van der Waals surface area (Å²) in [5.74, 6) is 0. The molecule has 0 fully saturated rings. The fraction of sp³-hybridized carbons (Fsp3) is 0.127. The van der Waals surface area contributed by atoms with Gasteiger partial charge in [0.05, 0.1) is 11.2 Å². The van der Waals surface area contributed by atoms with Gasteiger partial charge in [0.1, 0.15) is 0 Å². The normalized spacial score (nSPS) is 13.9. The van der Waals surface area contributed by atoms with Gasteiger partial charge in [0.25, 0.3) is 0 Å². The van der Waals surface area contributed by atoms with Gasteiger partial charge in [0.15, 0.2) is 0 Å². The number of nitrogens with zero attached hydrogens (tertiary/aromatic N) is 1. The molecule has 276 valence electrons. The van der Waals surface area contributed by atoms with E-state index < -0.39 is 0 Å². The Morgan fingerprint density at radius 1 is 0.561 bits per heavy atom. The Morgan fingerprint density at radius 2 is 1.19 bits per heavy atom. The minimum atomic E-state index is -0.149. The fourth-order valence-electron chi connectivity index (χ4n) is 9.84. The first-order chi connectivity index (χ1) is 27.9. The zero-order valence-corrected chi connectivity index (χ0v) is 32.9. The summed E-state index contributed by atoms with van der Waals surface area (Å²) >= 11 is 0. The van der Waals surface area contributed by atoms with Crippen LogP contribution in [0.3, 0.4) is 0 Å².